The Bertz CT molecular complexity index is 861. The van der Waals surface area contributed by atoms with Gasteiger partial charge < -0.3 is 14.7 Å². The second kappa shape index (κ2) is 8.51. The van der Waals surface area contributed by atoms with Crippen molar-refractivity contribution in [3.05, 3.63) is 35.4 Å². The van der Waals surface area contributed by atoms with E-state index in [2.05, 4.69) is 0 Å². The summed E-state index contributed by atoms with van der Waals surface area (Å²) < 4.78 is 39.7. The largest absolute Gasteiger partial charge is 0.417 e. The van der Waals surface area contributed by atoms with E-state index in [1.54, 1.807) is 9.80 Å². The Hall–Kier alpha value is -2.58. The number of nitrogens with zero attached hydrogens (tertiary/aromatic N) is 3. The number of hydrogen-bond donors (Lipinski definition) is 0. The normalized spacial score (nSPS) is 22.4. The fourth-order valence-corrected chi connectivity index (χ4v) is 4.44. The number of amides is 3. The average molecular weight is 437 g/mol. The Kier molecular flexibility index (Phi) is 5.94. The van der Waals surface area contributed by atoms with Crippen LogP contribution in [0.1, 0.15) is 41.6 Å². The third-order valence-electron chi connectivity index (χ3n) is 6.35. The molecule has 1 saturated carbocycles. The highest BCUT2D eigenvalue weighted by molar-refractivity contribution is 5.96. The molecule has 1 aromatic rings. The summed E-state index contributed by atoms with van der Waals surface area (Å²) in [6, 6.07) is 4.78. The molecule has 2 aliphatic heterocycles. The van der Waals surface area contributed by atoms with Gasteiger partial charge in [-0.05, 0) is 37.8 Å². The van der Waals surface area contributed by atoms with E-state index in [-0.39, 0.29) is 55.4 Å². The highest BCUT2D eigenvalue weighted by Crippen LogP contribution is 2.34. The van der Waals surface area contributed by atoms with E-state index < -0.39 is 17.6 Å². The molecule has 3 aliphatic rings. The van der Waals surface area contributed by atoms with Crippen LogP contribution >= 0.6 is 0 Å². The lowest BCUT2D eigenvalue weighted by Crippen LogP contribution is -2.54. The molecule has 1 aromatic carbocycles. The number of carbonyl (C=O) groups is 3. The summed E-state index contributed by atoms with van der Waals surface area (Å²) in [5.41, 5.74) is -1.31. The number of hydrogen-bond acceptors (Lipinski definition) is 3. The van der Waals surface area contributed by atoms with Crippen LogP contribution in [0.25, 0.3) is 0 Å². The molecule has 0 aromatic heterocycles. The van der Waals surface area contributed by atoms with Gasteiger partial charge in [0.2, 0.25) is 11.8 Å². The molecule has 1 atom stereocenters. The van der Waals surface area contributed by atoms with Gasteiger partial charge in [-0.2, -0.15) is 13.2 Å². The number of halogens is 3. The first kappa shape index (κ1) is 21.6. The molecule has 0 bridgehead atoms. The van der Waals surface area contributed by atoms with Gasteiger partial charge in [0, 0.05) is 45.2 Å². The van der Waals surface area contributed by atoms with Crippen LogP contribution in [0.2, 0.25) is 0 Å². The second-order valence-electron chi connectivity index (χ2n) is 8.56. The van der Waals surface area contributed by atoms with E-state index in [1.807, 2.05) is 0 Å². The van der Waals surface area contributed by atoms with Crippen LogP contribution in [0.5, 0.6) is 0 Å². The third kappa shape index (κ3) is 4.70. The minimum absolute atomic E-state index is 0.0314. The van der Waals surface area contributed by atoms with Crippen LogP contribution in [-0.2, 0) is 15.8 Å². The highest BCUT2D eigenvalue weighted by atomic mass is 19.4. The van der Waals surface area contributed by atoms with Crippen LogP contribution in [0.15, 0.2) is 24.3 Å². The summed E-state index contributed by atoms with van der Waals surface area (Å²) >= 11 is 0. The van der Waals surface area contributed by atoms with Crippen molar-refractivity contribution in [1.29, 1.82) is 0 Å². The highest BCUT2D eigenvalue weighted by Gasteiger charge is 2.39. The summed E-state index contributed by atoms with van der Waals surface area (Å²) in [5, 5.41) is 0. The van der Waals surface area contributed by atoms with Crippen molar-refractivity contribution < 1.29 is 27.6 Å². The van der Waals surface area contributed by atoms with Crippen LogP contribution in [0.4, 0.5) is 13.2 Å². The molecule has 3 fully saturated rings. The SMILES string of the molecule is O=C(c1ccccc1C(F)(F)F)N1CCN(C(=O)C2CCCN(C(=O)C3CC3)C2)CC1. The molecule has 9 heteroatoms. The minimum atomic E-state index is -4.60. The van der Waals surface area contributed by atoms with Crippen LogP contribution in [0, 0.1) is 11.8 Å². The first-order chi connectivity index (χ1) is 14.8. The van der Waals surface area contributed by atoms with Crippen molar-refractivity contribution in [1.82, 2.24) is 14.7 Å². The van der Waals surface area contributed by atoms with Gasteiger partial charge in [-0.25, -0.2) is 0 Å². The van der Waals surface area contributed by atoms with Gasteiger partial charge in [0.15, 0.2) is 0 Å². The average Bonchev–Trinajstić information content (AvgIpc) is 3.63. The summed E-state index contributed by atoms with van der Waals surface area (Å²) in [6.07, 6.45) is -1.22. The maximum Gasteiger partial charge on any atom is 0.417 e. The Balaban J connectivity index is 1.35. The van der Waals surface area contributed by atoms with E-state index in [4.69, 9.17) is 0 Å². The predicted octanol–water partition coefficient (Wildman–Crippen LogP) is 2.64. The molecule has 1 aliphatic carbocycles. The number of piperidine rings is 1. The maximum atomic E-state index is 13.2. The molecule has 6 nitrogen and oxygen atoms in total. The first-order valence-electron chi connectivity index (χ1n) is 10.8. The van der Waals surface area contributed by atoms with Crippen LogP contribution in [-0.4, -0.2) is 71.7 Å². The third-order valence-corrected chi connectivity index (χ3v) is 6.35. The number of rotatable bonds is 3. The maximum absolute atomic E-state index is 13.2. The van der Waals surface area contributed by atoms with Crippen molar-refractivity contribution in [2.75, 3.05) is 39.3 Å². The van der Waals surface area contributed by atoms with E-state index in [0.717, 1.165) is 31.7 Å². The fraction of sp³-hybridized carbons (Fsp3) is 0.591. The summed E-state index contributed by atoms with van der Waals surface area (Å²) in [4.78, 5) is 42.9. The molecule has 3 amide bonds. The number of benzene rings is 1. The topological polar surface area (TPSA) is 60.9 Å². The van der Waals surface area contributed by atoms with E-state index >= 15 is 0 Å². The molecule has 0 radical (unpaired) electrons. The van der Waals surface area contributed by atoms with E-state index in [9.17, 15) is 27.6 Å². The first-order valence-corrected chi connectivity index (χ1v) is 10.8. The second-order valence-corrected chi connectivity index (χ2v) is 8.56. The zero-order valence-electron chi connectivity index (χ0n) is 17.2. The molecule has 0 N–H and O–H groups in total. The van der Waals surface area contributed by atoms with Crippen molar-refractivity contribution in [3.8, 4) is 0 Å². The molecular formula is C22H26F3N3O3. The quantitative estimate of drug-likeness (QED) is 0.731. The Morgan fingerprint density at radius 2 is 1.39 bits per heavy atom. The molecule has 1 unspecified atom stereocenters. The lowest BCUT2D eigenvalue weighted by atomic mass is 9.95. The molecule has 31 heavy (non-hydrogen) atoms. The van der Waals surface area contributed by atoms with Crippen LogP contribution < -0.4 is 0 Å². The van der Waals surface area contributed by atoms with Gasteiger partial charge in [0.25, 0.3) is 5.91 Å². The number of piperazine rings is 1. The van der Waals surface area contributed by atoms with Crippen LogP contribution in [0.3, 0.4) is 0 Å². The van der Waals surface area contributed by atoms with Crippen molar-refractivity contribution in [2.45, 2.75) is 31.9 Å². The fourth-order valence-electron chi connectivity index (χ4n) is 4.44. The van der Waals surface area contributed by atoms with E-state index in [0.29, 0.717) is 13.1 Å². The minimum Gasteiger partial charge on any atom is -0.342 e. The molecule has 168 valence electrons. The predicted molar refractivity (Wildman–Crippen MR) is 106 cm³/mol. The van der Waals surface area contributed by atoms with Crippen molar-refractivity contribution >= 4 is 17.7 Å². The van der Waals surface area contributed by atoms with Gasteiger partial charge in [0.05, 0.1) is 17.0 Å². The summed E-state index contributed by atoms with van der Waals surface area (Å²) in [5.74, 6) is -0.668. The molecule has 0 spiro atoms. The Morgan fingerprint density at radius 1 is 0.774 bits per heavy atom. The van der Waals surface area contributed by atoms with Gasteiger partial charge in [-0.3, -0.25) is 14.4 Å². The lowest BCUT2D eigenvalue weighted by Gasteiger charge is -2.39. The molecular weight excluding hydrogens is 411 g/mol. The summed E-state index contributed by atoms with van der Waals surface area (Å²) in [7, 11) is 0. The zero-order valence-corrected chi connectivity index (χ0v) is 17.2. The standard InChI is InChI=1S/C22H26F3N3O3/c23-22(24,25)18-6-2-1-5-17(18)21(31)27-12-10-26(11-13-27)20(30)16-4-3-9-28(14-16)19(29)15-7-8-15/h1-2,5-6,15-16H,3-4,7-14H2. The molecule has 2 saturated heterocycles. The number of alkyl halides is 3. The lowest BCUT2D eigenvalue weighted by molar-refractivity contribution is -0.142. The van der Waals surface area contributed by atoms with Gasteiger partial charge in [0.1, 0.15) is 0 Å². The monoisotopic (exact) mass is 437 g/mol. The van der Waals surface area contributed by atoms with Crippen molar-refractivity contribution in [2.24, 2.45) is 11.8 Å². The smallest absolute Gasteiger partial charge is 0.342 e. The van der Waals surface area contributed by atoms with Crippen molar-refractivity contribution in [3.63, 3.8) is 0 Å². The Morgan fingerprint density at radius 3 is 2.03 bits per heavy atom. The molecule has 2 heterocycles. The summed E-state index contributed by atoms with van der Waals surface area (Å²) in [6.45, 7) is 2.08. The number of carbonyl (C=O) groups excluding carboxylic acids is 3. The zero-order chi connectivity index (χ0) is 22.2. The van der Waals surface area contributed by atoms with E-state index in [1.165, 1.54) is 23.1 Å². The van der Waals surface area contributed by atoms with Gasteiger partial charge in [-0.1, -0.05) is 12.1 Å². The van der Waals surface area contributed by atoms with Gasteiger partial charge >= 0.3 is 6.18 Å². The number of likely N-dealkylation sites (tertiary alicyclic amines) is 1. The Labute approximate surface area is 179 Å². The molecule has 4 rings (SSSR count). The van der Waals surface area contributed by atoms with Gasteiger partial charge in [-0.15, -0.1) is 0 Å².